The molecule has 1 aliphatic heterocycles. The first-order valence-corrected chi connectivity index (χ1v) is 6.74. The van der Waals surface area contributed by atoms with Crippen LogP contribution in [0.2, 0.25) is 0 Å². The van der Waals surface area contributed by atoms with Crippen molar-refractivity contribution in [3.63, 3.8) is 0 Å². The van der Waals surface area contributed by atoms with Crippen LogP contribution in [-0.4, -0.2) is 24.0 Å². The topological polar surface area (TPSA) is 52.6 Å². The molecule has 1 heterocycles. The minimum atomic E-state index is -1.18. The van der Waals surface area contributed by atoms with E-state index in [1.54, 1.807) is 6.92 Å². The van der Waals surface area contributed by atoms with Gasteiger partial charge in [-0.15, -0.1) is 0 Å². The molecule has 0 N–H and O–H groups in total. The first-order valence-electron chi connectivity index (χ1n) is 6.74. The molecule has 0 radical (unpaired) electrons. The zero-order valence-electron chi connectivity index (χ0n) is 11.5. The van der Waals surface area contributed by atoms with Crippen molar-refractivity contribution >= 4 is 11.8 Å². The molecule has 0 bridgehead atoms. The Morgan fingerprint density at radius 1 is 1.35 bits per heavy atom. The molecular weight excluding hydrogens is 256 g/mol. The second-order valence-electron chi connectivity index (χ2n) is 4.76. The van der Waals surface area contributed by atoms with Crippen molar-refractivity contribution in [3.05, 3.63) is 48.2 Å². The van der Waals surface area contributed by atoms with Gasteiger partial charge in [-0.2, -0.15) is 0 Å². The summed E-state index contributed by atoms with van der Waals surface area (Å²) in [6.45, 7) is 2.01. The summed E-state index contributed by atoms with van der Waals surface area (Å²) in [5.41, 5.74) is -0.0840. The Hall–Kier alpha value is -2.10. The molecular formula is C16H18O4. The van der Waals surface area contributed by atoms with E-state index in [0.717, 1.165) is 5.56 Å². The van der Waals surface area contributed by atoms with E-state index in [9.17, 15) is 9.59 Å². The Bertz CT molecular complexity index is 506. The van der Waals surface area contributed by atoms with Gasteiger partial charge in [0.1, 0.15) is 0 Å². The van der Waals surface area contributed by atoms with E-state index in [0.29, 0.717) is 12.8 Å². The van der Waals surface area contributed by atoms with Crippen molar-refractivity contribution in [2.24, 2.45) is 0 Å². The molecule has 106 valence electrons. The number of rotatable bonds is 5. The average molecular weight is 274 g/mol. The number of aryl methyl sites for hydroxylation is 1. The molecule has 2 rings (SSSR count). The maximum Gasteiger partial charge on any atom is 0.350 e. The summed E-state index contributed by atoms with van der Waals surface area (Å²) < 4.78 is 10.6. The van der Waals surface area contributed by atoms with Gasteiger partial charge in [-0.3, -0.25) is 4.79 Å². The summed E-state index contributed by atoms with van der Waals surface area (Å²) in [7, 11) is 0. The minimum Gasteiger partial charge on any atom is -0.483 e. The van der Waals surface area contributed by atoms with Gasteiger partial charge in [-0.25, -0.2) is 4.79 Å². The fraction of sp³-hybridized carbons (Fsp3) is 0.375. The lowest BCUT2D eigenvalue weighted by molar-refractivity contribution is -0.170. The van der Waals surface area contributed by atoms with Crippen molar-refractivity contribution in [2.75, 3.05) is 6.61 Å². The largest absolute Gasteiger partial charge is 0.483 e. The third kappa shape index (κ3) is 3.26. The number of esters is 1. The summed E-state index contributed by atoms with van der Waals surface area (Å²) >= 11 is 0. The van der Waals surface area contributed by atoms with Crippen molar-refractivity contribution in [1.29, 1.82) is 0 Å². The Kier molecular flexibility index (Phi) is 4.56. The van der Waals surface area contributed by atoms with Crippen LogP contribution in [0.5, 0.6) is 0 Å². The van der Waals surface area contributed by atoms with Crippen molar-refractivity contribution in [1.82, 2.24) is 0 Å². The Morgan fingerprint density at radius 2 is 2.10 bits per heavy atom. The molecule has 0 saturated carbocycles. The summed E-state index contributed by atoms with van der Waals surface area (Å²) in [4.78, 5) is 23.8. The van der Waals surface area contributed by atoms with Gasteiger partial charge in [0.25, 0.3) is 0 Å². The van der Waals surface area contributed by atoms with Crippen LogP contribution < -0.4 is 0 Å². The Labute approximate surface area is 118 Å². The highest BCUT2D eigenvalue weighted by Gasteiger charge is 2.44. The number of hydrogen-bond acceptors (Lipinski definition) is 4. The average Bonchev–Trinajstić information content (AvgIpc) is 2.46. The second kappa shape index (κ2) is 6.37. The number of benzene rings is 1. The highest BCUT2D eigenvalue weighted by Crippen LogP contribution is 2.29. The van der Waals surface area contributed by atoms with Crippen molar-refractivity contribution < 1.29 is 19.1 Å². The van der Waals surface area contributed by atoms with Crippen molar-refractivity contribution in [2.45, 2.75) is 31.8 Å². The molecule has 4 heteroatoms. The third-order valence-corrected chi connectivity index (χ3v) is 3.32. The highest BCUT2D eigenvalue weighted by atomic mass is 16.6. The summed E-state index contributed by atoms with van der Waals surface area (Å²) in [6.07, 6.45) is 3.76. The van der Waals surface area contributed by atoms with Crippen LogP contribution >= 0.6 is 0 Å². The number of hydrogen-bond donors (Lipinski definition) is 0. The fourth-order valence-corrected chi connectivity index (χ4v) is 2.25. The summed E-state index contributed by atoms with van der Waals surface area (Å²) in [6, 6.07) is 9.80. The summed E-state index contributed by atoms with van der Waals surface area (Å²) in [5, 5.41) is 0. The normalized spacial score (nSPS) is 21.4. The molecule has 1 aliphatic rings. The predicted octanol–water partition coefficient (Wildman–Crippen LogP) is 2.42. The van der Waals surface area contributed by atoms with Gasteiger partial charge in [-0.05, 0) is 18.9 Å². The van der Waals surface area contributed by atoms with Gasteiger partial charge < -0.3 is 9.47 Å². The lowest BCUT2D eigenvalue weighted by Crippen LogP contribution is -2.45. The van der Waals surface area contributed by atoms with Crippen LogP contribution in [0.1, 0.15) is 25.3 Å². The molecule has 1 atom stereocenters. The van der Waals surface area contributed by atoms with Crippen LogP contribution in [0.25, 0.3) is 0 Å². The van der Waals surface area contributed by atoms with Crippen LogP contribution in [0.4, 0.5) is 0 Å². The Balaban J connectivity index is 2.13. The standard InChI is InChI=1S/C16H18O4/c1-2-19-15(18)16(12-14(17)9-11-20-16)10-8-13-6-4-3-5-7-13/h3-7,9,11H,2,8,10,12H2,1H3. The molecule has 0 fully saturated rings. The molecule has 0 spiro atoms. The fourth-order valence-electron chi connectivity index (χ4n) is 2.25. The quantitative estimate of drug-likeness (QED) is 0.774. The van der Waals surface area contributed by atoms with E-state index >= 15 is 0 Å². The third-order valence-electron chi connectivity index (χ3n) is 3.32. The maximum atomic E-state index is 12.2. The molecule has 1 aromatic rings. The van der Waals surface area contributed by atoms with Crippen LogP contribution in [0, 0.1) is 0 Å². The molecule has 0 amide bonds. The van der Waals surface area contributed by atoms with E-state index in [4.69, 9.17) is 9.47 Å². The van der Waals surface area contributed by atoms with Gasteiger partial charge in [0, 0.05) is 12.5 Å². The second-order valence-corrected chi connectivity index (χ2v) is 4.76. The molecule has 1 aromatic carbocycles. The first-order chi connectivity index (χ1) is 9.66. The molecule has 0 aromatic heterocycles. The summed E-state index contributed by atoms with van der Waals surface area (Å²) in [5.74, 6) is -0.578. The zero-order valence-corrected chi connectivity index (χ0v) is 11.5. The zero-order chi connectivity index (χ0) is 14.4. The van der Waals surface area contributed by atoms with Crippen LogP contribution in [0.15, 0.2) is 42.7 Å². The Morgan fingerprint density at radius 3 is 2.75 bits per heavy atom. The van der Waals surface area contributed by atoms with Gasteiger partial charge in [0.2, 0.25) is 5.60 Å². The molecule has 20 heavy (non-hydrogen) atoms. The first kappa shape index (κ1) is 14.3. The SMILES string of the molecule is CCOC(=O)C1(CCc2ccccc2)CC(=O)C=CO1. The smallest absolute Gasteiger partial charge is 0.350 e. The number of ether oxygens (including phenoxy) is 2. The van der Waals surface area contributed by atoms with Crippen LogP contribution in [-0.2, 0) is 25.5 Å². The molecule has 0 aliphatic carbocycles. The predicted molar refractivity (Wildman–Crippen MR) is 74.0 cm³/mol. The number of carbonyl (C=O) groups excluding carboxylic acids is 2. The van der Waals surface area contributed by atoms with Crippen LogP contribution in [0.3, 0.4) is 0 Å². The van der Waals surface area contributed by atoms with E-state index in [-0.39, 0.29) is 18.8 Å². The molecule has 4 nitrogen and oxygen atoms in total. The van der Waals surface area contributed by atoms with Gasteiger partial charge >= 0.3 is 5.97 Å². The number of ketones is 1. The lowest BCUT2D eigenvalue weighted by atomic mass is 9.88. The number of allylic oxidation sites excluding steroid dienone is 1. The van der Waals surface area contributed by atoms with E-state index in [2.05, 4.69) is 0 Å². The van der Waals surface area contributed by atoms with Gasteiger partial charge in [0.05, 0.1) is 19.3 Å². The highest BCUT2D eigenvalue weighted by molar-refractivity contribution is 5.96. The van der Waals surface area contributed by atoms with Crippen molar-refractivity contribution in [3.8, 4) is 0 Å². The monoisotopic (exact) mass is 274 g/mol. The van der Waals surface area contributed by atoms with E-state index in [1.807, 2.05) is 30.3 Å². The molecule has 0 saturated heterocycles. The lowest BCUT2D eigenvalue weighted by Gasteiger charge is -2.32. The van der Waals surface area contributed by atoms with E-state index < -0.39 is 11.6 Å². The number of carbonyl (C=O) groups is 2. The van der Waals surface area contributed by atoms with E-state index in [1.165, 1.54) is 12.3 Å². The van der Waals surface area contributed by atoms with Gasteiger partial charge in [-0.1, -0.05) is 30.3 Å². The minimum absolute atomic E-state index is 0.0369. The molecule has 1 unspecified atom stereocenters. The maximum absolute atomic E-state index is 12.2. The van der Waals surface area contributed by atoms with Gasteiger partial charge in [0.15, 0.2) is 5.78 Å².